The van der Waals surface area contributed by atoms with E-state index in [-0.39, 0.29) is 5.82 Å². The van der Waals surface area contributed by atoms with Crippen LogP contribution in [0.15, 0.2) is 54.6 Å². The molecule has 102 valence electrons. The Balaban J connectivity index is 2.05. The van der Waals surface area contributed by atoms with Gasteiger partial charge in [0.25, 0.3) is 0 Å². The fourth-order valence-corrected chi connectivity index (χ4v) is 2.18. The molecule has 0 saturated heterocycles. The van der Waals surface area contributed by atoms with Crippen LogP contribution in [0.5, 0.6) is 0 Å². The van der Waals surface area contributed by atoms with Crippen molar-refractivity contribution in [1.82, 2.24) is 4.90 Å². The number of benzene rings is 2. The SMILES string of the molecule is CN(CCc1ccccc1)C(C#N)c1ccccc1F. The van der Waals surface area contributed by atoms with Crippen LogP contribution in [0.25, 0.3) is 0 Å². The van der Waals surface area contributed by atoms with Gasteiger partial charge < -0.3 is 0 Å². The van der Waals surface area contributed by atoms with Crippen LogP contribution in [-0.2, 0) is 6.42 Å². The average Bonchev–Trinajstić information content (AvgIpc) is 2.49. The Kier molecular flexibility index (Phi) is 4.86. The number of nitrogens with zero attached hydrogens (tertiary/aromatic N) is 2. The van der Waals surface area contributed by atoms with Crippen molar-refractivity contribution in [3.8, 4) is 6.07 Å². The van der Waals surface area contributed by atoms with Gasteiger partial charge in [-0.05, 0) is 25.1 Å². The van der Waals surface area contributed by atoms with Crippen molar-refractivity contribution >= 4 is 0 Å². The number of likely N-dealkylation sites (N-methyl/N-ethyl adjacent to an activating group) is 1. The van der Waals surface area contributed by atoms with Crippen molar-refractivity contribution in [2.75, 3.05) is 13.6 Å². The van der Waals surface area contributed by atoms with E-state index in [0.717, 1.165) is 6.42 Å². The smallest absolute Gasteiger partial charge is 0.129 e. The highest BCUT2D eigenvalue weighted by Crippen LogP contribution is 2.21. The van der Waals surface area contributed by atoms with Crippen LogP contribution in [0.3, 0.4) is 0 Å². The van der Waals surface area contributed by atoms with E-state index in [0.29, 0.717) is 12.1 Å². The van der Waals surface area contributed by atoms with E-state index in [4.69, 9.17) is 0 Å². The summed E-state index contributed by atoms with van der Waals surface area (Å²) in [7, 11) is 1.85. The number of hydrogen-bond acceptors (Lipinski definition) is 2. The molecular formula is C17H17FN2. The molecule has 0 heterocycles. The molecule has 0 amide bonds. The topological polar surface area (TPSA) is 27.0 Å². The lowest BCUT2D eigenvalue weighted by Crippen LogP contribution is -2.26. The first kappa shape index (κ1) is 14.2. The summed E-state index contributed by atoms with van der Waals surface area (Å²) in [4.78, 5) is 1.88. The lowest BCUT2D eigenvalue weighted by Gasteiger charge is -2.23. The van der Waals surface area contributed by atoms with Gasteiger partial charge in [0.2, 0.25) is 0 Å². The summed E-state index contributed by atoms with van der Waals surface area (Å²) < 4.78 is 13.8. The molecule has 0 fully saturated rings. The summed E-state index contributed by atoms with van der Waals surface area (Å²) >= 11 is 0. The molecule has 2 aromatic carbocycles. The number of hydrogen-bond donors (Lipinski definition) is 0. The van der Waals surface area contributed by atoms with E-state index in [1.54, 1.807) is 18.2 Å². The minimum Gasteiger partial charge on any atom is -0.287 e. The summed E-state index contributed by atoms with van der Waals surface area (Å²) in [6.07, 6.45) is 0.837. The average molecular weight is 268 g/mol. The largest absolute Gasteiger partial charge is 0.287 e. The van der Waals surface area contributed by atoms with Gasteiger partial charge in [-0.2, -0.15) is 5.26 Å². The zero-order valence-electron chi connectivity index (χ0n) is 11.5. The van der Waals surface area contributed by atoms with Crippen molar-refractivity contribution in [3.05, 3.63) is 71.5 Å². The van der Waals surface area contributed by atoms with Gasteiger partial charge >= 0.3 is 0 Å². The van der Waals surface area contributed by atoms with E-state index in [9.17, 15) is 9.65 Å². The maximum atomic E-state index is 13.8. The highest BCUT2D eigenvalue weighted by molar-refractivity contribution is 5.26. The second-order valence-electron chi connectivity index (χ2n) is 4.77. The molecule has 3 heteroatoms. The molecule has 0 bridgehead atoms. The third-order valence-electron chi connectivity index (χ3n) is 3.36. The molecule has 2 rings (SSSR count). The van der Waals surface area contributed by atoms with Crippen LogP contribution in [0.1, 0.15) is 17.2 Å². The van der Waals surface area contributed by atoms with Crippen LogP contribution in [0.4, 0.5) is 4.39 Å². The van der Waals surface area contributed by atoms with E-state index in [1.807, 2.05) is 30.1 Å². The van der Waals surface area contributed by atoms with Gasteiger partial charge in [-0.3, -0.25) is 4.90 Å². The first-order chi connectivity index (χ1) is 9.72. The predicted molar refractivity (Wildman–Crippen MR) is 77.5 cm³/mol. The lowest BCUT2D eigenvalue weighted by atomic mass is 10.1. The van der Waals surface area contributed by atoms with Gasteiger partial charge in [0.1, 0.15) is 11.9 Å². The third kappa shape index (κ3) is 3.43. The summed E-state index contributed by atoms with van der Waals surface area (Å²) in [5.41, 5.74) is 1.65. The first-order valence-electron chi connectivity index (χ1n) is 6.60. The van der Waals surface area contributed by atoms with Crippen LogP contribution < -0.4 is 0 Å². The van der Waals surface area contributed by atoms with Gasteiger partial charge in [-0.25, -0.2) is 4.39 Å². The normalized spacial score (nSPS) is 12.1. The van der Waals surface area contributed by atoms with Gasteiger partial charge in [-0.15, -0.1) is 0 Å². The number of rotatable bonds is 5. The molecule has 0 radical (unpaired) electrons. The van der Waals surface area contributed by atoms with Crippen LogP contribution in [-0.4, -0.2) is 18.5 Å². The Bertz CT molecular complexity index is 589. The minimum absolute atomic E-state index is 0.328. The molecule has 0 saturated carbocycles. The maximum absolute atomic E-state index is 13.8. The summed E-state index contributed by atoms with van der Waals surface area (Å²) in [6.45, 7) is 0.705. The molecule has 2 nitrogen and oxygen atoms in total. The molecule has 1 atom stereocenters. The Hall–Kier alpha value is -2.18. The van der Waals surface area contributed by atoms with Crippen molar-refractivity contribution in [2.45, 2.75) is 12.5 Å². The fourth-order valence-electron chi connectivity index (χ4n) is 2.18. The Morgan fingerprint density at radius 3 is 2.40 bits per heavy atom. The number of nitriles is 1. The monoisotopic (exact) mass is 268 g/mol. The van der Waals surface area contributed by atoms with E-state index >= 15 is 0 Å². The Morgan fingerprint density at radius 1 is 1.10 bits per heavy atom. The Labute approximate surface area is 119 Å². The molecule has 1 unspecified atom stereocenters. The fraction of sp³-hybridized carbons (Fsp3) is 0.235. The lowest BCUT2D eigenvalue weighted by molar-refractivity contribution is 0.289. The summed E-state index contributed by atoms with van der Waals surface area (Å²) in [6, 6.07) is 18.2. The zero-order chi connectivity index (χ0) is 14.4. The molecule has 0 aliphatic rings. The molecule has 0 aliphatic carbocycles. The summed E-state index contributed by atoms with van der Waals surface area (Å²) in [5.74, 6) is -0.328. The molecule has 0 N–H and O–H groups in total. The first-order valence-corrected chi connectivity index (χ1v) is 6.60. The minimum atomic E-state index is -0.556. The van der Waals surface area contributed by atoms with Crippen LogP contribution in [0, 0.1) is 17.1 Å². The second-order valence-corrected chi connectivity index (χ2v) is 4.77. The van der Waals surface area contributed by atoms with Crippen molar-refractivity contribution < 1.29 is 4.39 Å². The van der Waals surface area contributed by atoms with E-state index < -0.39 is 6.04 Å². The van der Waals surface area contributed by atoms with Gasteiger partial charge in [-0.1, -0.05) is 48.5 Å². The standard InChI is InChI=1S/C17H17FN2/c1-20(12-11-14-7-3-2-4-8-14)17(13-19)15-9-5-6-10-16(15)18/h2-10,17H,11-12H2,1H3. The second kappa shape index (κ2) is 6.83. The highest BCUT2D eigenvalue weighted by atomic mass is 19.1. The van der Waals surface area contributed by atoms with Crippen molar-refractivity contribution in [2.24, 2.45) is 0 Å². The van der Waals surface area contributed by atoms with Crippen LogP contribution in [0.2, 0.25) is 0 Å². The van der Waals surface area contributed by atoms with Crippen LogP contribution >= 0.6 is 0 Å². The molecule has 2 aromatic rings. The maximum Gasteiger partial charge on any atom is 0.129 e. The van der Waals surface area contributed by atoms with Crippen molar-refractivity contribution in [3.63, 3.8) is 0 Å². The molecule has 20 heavy (non-hydrogen) atoms. The summed E-state index contributed by atoms with van der Waals surface area (Å²) in [5, 5.41) is 9.31. The third-order valence-corrected chi connectivity index (χ3v) is 3.36. The van der Waals surface area contributed by atoms with E-state index in [2.05, 4.69) is 18.2 Å². The molecule has 0 aromatic heterocycles. The quantitative estimate of drug-likeness (QED) is 0.829. The van der Waals surface area contributed by atoms with E-state index in [1.165, 1.54) is 11.6 Å². The zero-order valence-corrected chi connectivity index (χ0v) is 11.5. The highest BCUT2D eigenvalue weighted by Gasteiger charge is 2.19. The van der Waals surface area contributed by atoms with Crippen molar-refractivity contribution in [1.29, 1.82) is 5.26 Å². The molecule has 0 spiro atoms. The van der Waals surface area contributed by atoms with Gasteiger partial charge in [0.05, 0.1) is 6.07 Å². The Morgan fingerprint density at radius 2 is 1.75 bits per heavy atom. The predicted octanol–water partition coefficient (Wildman–Crippen LogP) is 3.56. The van der Waals surface area contributed by atoms with Gasteiger partial charge in [0, 0.05) is 12.1 Å². The molecule has 0 aliphatic heterocycles. The van der Waals surface area contributed by atoms with Gasteiger partial charge in [0.15, 0.2) is 0 Å². The number of halogens is 1. The molecular weight excluding hydrogens is 251 g/mol.